The van der Waals surface area contributed by atoms with Crippen LogP contribution >= 0.6 is 0 Å². The third-order valence-electron chi connectivity index (χ3n) is 4.53. The Morgan fingerprint density at radius 2 is 2.00 bits per heavy atom. The van der Waals surface area contributed by atoms with Crippen LogP contribution in [0.3, 0.4) is 0 Å². The molecule has 6 heteroatoms. The average Bonchev–Trinajstić information content (AvgIpc) is 3.12. The molecule has 134 valence electrons. The van der Waals surface area contributed by atoms with E-state index in [1.165, 1.54) is 37.6 Å². The molecule has 0 unspecified atom stereocenters. The minimum absolute atomic E-state index is 0.189. The van der Waals surface area contributed by atoms with Crippen molar-refractivity contribution < 1.29 is 13.9 Å². The van der Waals surface area contributed by atoms with E-state index >= 15 is 0 Å². The molecule has 0 saturated heterocycles. The Labute approximate surface area is 147 Å². The van der Waals surface area contributed by atoms with E-state index in [9.17, 15) is 9.18 Å². The van der Waals surface area contributed by atoms with Crippen LogP contribution in [0.2, 0.25) is 0 Å². The molecule has 2 aromatic rings. The lowest BCUT2D eigenvalue weighted by Crippen LogP contribution is -2.26. The molecule has 1 aromatic carbocycles. The number of aromatic amines is 1. The van der Waals surface area contributed by atoms with Gasteiger partial charge >= 0.3 is 0 Å². The smallest absolute Gasteiger partial charge is 0.255 e. The molecule has 1 saturated carbocycles. The molecule has 0 bridgehead atoms. The Morgan fingerprint density at radius 1 is 1.24 bits per heavy atom. The van der Waals surface area contributed by atoms with Crippen molar-refractivity contribution in [3.63, 3.8) is 0 Å². The summed E-state index contributed by atoms with van der Waals surface area (Å²) in [4.78, 5) is 12.3. The first-order chi connectivity index (χ1) is 12.2. The number of nitrogens with zero attached hydrogens (tertiary/aromatic N) is 1. The summed E-state index contributed by atoms with van der Waals surface area (Å²) in [5.74, 6) is -0.502. The Hall–Kier alpha value is -2.21. The van der Waals surface area contributed by atoms with Gasteiger partial charge in [0.15, 0.2) is 0 Å². The molecule has 1 aliphatic carbocycles. The van der Waals surface area contributed by atoms with Gasteiger partial charge in [0.05, 0.1) is 23.6 Å². The van der Waals surface area contributed by atoms with Crippen LogP contribution in [0.25, 0.3) is 11.3 Å². The van der Waals surface area contributed by atoms with Crippen molar-refractivity contribution in [3.8, 4) is 11.3 Å². The van der Waals surface area contributed by atoms with Crippen molar-refractivity contribution >= 4 is 5.91 Å². The van der Waals surface area contributed by atoms with Gasteiger partial charge in [-0.2, -0.15) is 5.10 Å². The monoisotopic (exact) mass is 345 g/mol. The number of hydrogen-bond acceptors (Lipinski definition) is 3. The molecular weight excluding hydrogens is 321 g/mol. The van der Waals surface area contributed by atoms with E-state index in [0.29, 0.717) is 30.5 Å². The highest BCUT2D eigenvalue weighted by Gasteiger charge is 2.16. The largest absolute Gasteiger partial charge is 0.378 e. The summed E-state index contributed by atoms with van der Waals surface area (Å²) >= 11 is 0. The third kappa shape index (κ3) is 4.89. The number of amides is 1. The van der Waals surface area contributed by atoms with Gasteiger partial charge in [0, 0.05) is 18.7 Å². The number of hydrogen-bond donors (Lipinski definition) is 2. The summed E-state index contributed by atoms with van der Waals surface area (Å²) in [7, 11) is 0. The Balaban J connectivity index is 1.45. The molecule has 0 aliphatic heterocycles. The number of aromatic nitrogens is 2. The van der Waals surface area contributed by atoms with Gasteiger partial charge in [-0.15, -0.1) is 0 Å². The van der Waals surface area contributed by atoms with Crippen LogP contribution < -0.4 is 5.32 Å². The molecule has 5 nitrogen and oxygen atoms in total. The summed E-state index contributed by atoms with van der Waals surface area (Å²) in [6, 6.07) is 5.97. The molecule has 25 heavy (non-hydrogen) atoms. The van der Waals surface area contributed by atoms with Gasteiger partial charge in [-0.1, -0.05) is 19.3 Å². The maximum Gasteiger partial charge on any atom is 0.255 e. The van der Waals surface area contributed by atoms with Crippen molar-refractivity contribution in [1.29, 1.82) is 0 Å². The average molecular weight is 345 g/mol. The van der Waals surface area contributed by atoms with Crippen molar-refractivity contribution in [2.24, 2.45) is 0 Å². The van der Waals surface area contributed by atoms with Crippen molar-refractivity contribution in [2.45, 2.75) is 44.6 Å². The number of rotatable bonds is 7. The fourth-order valence-corrected chi connectivity index (χ4v) is 3.15. The second-order valence-electron chi connectivity index (χ2n) is 6.41. The van der Waals surface area contributed by atoms with Gasteiger partial charge in [0.1, 0.15) is 5.82 Å². The summed E-state index contributed by atoms with van der Waals surface area (Å²) in [5, 5.41) is 9.64. The second-order valence-corrected chi connectivity index (χ2v) is 6.41. The highest BCUT2D eigenvalue weighted by Crippen LogP contribution is 2.22. The van der Waals surface area contributed by atoms with E-state index in [0.717, 1.165) is 24.8 Å². The number of benzene rings is 1. The predicted octanol–water partition coefficient (Wildman–Crippen LogP) is 3.69. The minimum atomic E-state index is -0.313. The Morgan fingerprint density at radius 3 is 2.76 bits per heavy atom. The Kier molecular flexibility index (Phi) is 6.17. The molecule has 0 spiro atoms. The van der Waals surface area contributed by atoms with Gasteiger partial charge in [-0.3, -0.25) is 9.89 Å². The fraction of sp³-hybridized carbons (Fsp3) is 0.474. The van der Waals surface area contributed by atoms with Gasteiger partial charge in [0.25, 0.3) is 5.91 Å². The van der Waals surface area contributed by atoms with E-state index < -0.39 is 0 Å². The van der Waals surface area contributed by atoms with Crippen LogP contribution in [0.5, 0.6) is 0 Å². The zero-order valence-corrected chi connectivity index (χ0v) is 14.3. The van der Waals surface area contributed by atoms with Crippen LogP contribution in [-0.2, 0) is 4.74 Å². The van der Waals surface area contributed by atoms with Crippen LogP contribution in [0, 0.1) is 5.82 Å². The van der Waals surface area contributed by atoms with Crippen LogP contribution in [0.1, 0.15) is 48.9 Å². The summed E-state index contributed by atoms with van der Waals surface area (Å²) in [5.41, 5.74) is 1.78. The summed E-state index contributed by atoms with van der Waals surface area (Å²) in [6.45, 7) is 1.22. The lowest BCUT2D eigenvalue weighted by molar-refractivity contribution is 0.0273. The number of carbonyl (C=O) groups excluding carboxylic acids is 1. The van der Waals surface area contributed by atoms with E-state index in [1.54, 1.807) is 12.1 Å². The fourth-order valence-electron chi connectivity index (χ4n) is 3.15. The van der Waals surface area contributed by atoms with Gasteiger partial charge in [0.2, 0.25) is 0 Å². The number of H-pyrrole nitrogens is 1. The highest BCUT2D eigenvalue weighted by molar-refractivity contribution is 5.99. The number of carbonyl (C=O) groups is 1. The molecule has 1 aliphatic rings. The molecule has 1 fully saturated rings. The number of ether oxygens (including phenoxy) is 1. The molecule has 3 rings (SSSR count). The van der Waals surface area contributed by atoms with E-state index in [4.69, 9.17) is 4.74 Å². The molecule has 1 heterocycles. The first kappa shape index (κ1) is 17.6. The van der Waals surface area contributed by atoms with Crippen molar-refractivity contribution in [2.75, 3.05) is 13.2 Å². The predicted molar refractivity (Wildman–Crippen MR) is 93.8 cm³/mol. The molecule has 0 atom stereocenters. The lowest BCUT2D eigenvalue weighted by atomic mass is 9.98. The zero-order valence-electron chi connectivity index (χ0n) is 14.3. The summed E-state index contributed by atoms with van der Waals surface area (Å²) < 4.78 is 18.9. The minimum Gasteiger partial charge on any atom is -0.378 e. The van der Waals surface area contributed by atoms with Gasteiger partial charge in [-0.05, 0) is 43.5 Å². The van der Waals surface area contributed by atoms with E-state index in [-0.39, 0.29) is 11.7 Å². The number of nitrogens with one attached hydrogen (secondary N) is 2. The third-order valence-corrected chi connectivity index (χ3v) is 4.53. The molecule has 2 N–H and O–H groups in total. The van der Waals surface area contributed by atoms with Gasteiger partial charge < -0.3 is 10.1 Å². The molecular formula is C19H24FN3O2. The van der Waals surface area contributed by atoms with Crippen LogP contribution in [0.4, 0.5) is 4.39 Å². The molecule has 0 radical (unpaired) electrons. The standard InChI is InChI=1S/C19H24FN3O2/c20-15-9-7-14(8-10-15)18-17(13-22-23-18)19(24)21-11-4-12-25-16-5-2-1-3-6-16/h7-10,13,16H,1-6,11-12H2,(H,21,24)(H,22,23). The van der Waals surface area contributed by atoms with Crippen molar-refractivity contribution in [1.82, 2.24) is 15.5 Å². The van der Waals surface area contributed by atoms with E-state index in [2.05, 4.69) is 15.5 Å². The molecule has 1 amide bonds. The van der Waals surface area contributed by atoms with Crippen LogP contribution in [0.15, 0.2) is 30.5 Å². The molecule has 1 aromatic heterocycles. The zero-order chi connectivity index (χ0) is 17.5. The lowest BCUT2D eigenvalue weighted by Gasteiger charge is -2.21. The highest BCUT2D eigenvalue weighted by atomic mass is 19.1. The maximum atomic E-state index is 13.0. The first-order valence-corrected chi connectivity index (χ1v) is 8.93. The van der Waals surface area contributed by atoms with Crippen molar-refractivity contribution in [3.05, 3.63) is 41.8 Å². The maximum absolute atomic E-state index is 13.0. The topological polar surface area (TPSA) is 67.0 Å². The SMILES string of the molecule is O=C(NCCCOC1CCCCC1)c1cn[nH]c1-c1ccc(F)cc1. The van der Waals surface area contributed by atoms with Gasteiger partial charge in [-0.25, -0.2) is 4.39 Å². The van der Waals surface area contributed by atoms with Crippen LogP contribution in [-0.4, -0.2) is 35.4 Å². The quantitative estimate of drug-likeness (QED) is 0.752. The second kappa shape index (κ2) is 8.76. The van der Waals surface area contributed by atoms with E-state index in [1.807, 2.05) is 0 Å². The summed E-state index contributed by atoms with van der Waals surface area (Å²) in [6.07, 6.45) is 8.81. The first-order valence-electron chi connectivity index (χ1n) is 8.93. The number of halogens is 1. The normalized spacial score (nSPS) is 15.2. The Bertz CT molecular complexity index is 678.